The minimum absolute atomic E-state index is 0.0223. The highest BCUT2D eigenvalue weighted by Gasteiger charge is 2.12. The molecule has 0 bridgehead atoms. The number of thiazole rings is 1. The average molecular weight is 395 g/mol. The fourth-order valence-corrected chi connectivity index (χ4v) is 4.09. The number of anilines is 1. The number of aryl methyl sites for hydroxylation is 4. The molecule has 0 radical (unpaired) electrons. The number of para-hydroxylation sites is 2. The van der Waals surface area contributed by atoms with Crippen molar-refractivity contribution in [3.05, 3.63) is 47.4 Å². The van der Waals surface area contributed by atoms with Crippen LogP contribution in [0.3, 0.4) is 0 Å². The van der Waals surface area contributed by atoms with Crippen molar-refractivity contribution in [3.63, 3.8) is 0 Å². The van der Waals surface area contributed by atoms with E-state index in [9.17, 15) is 4.79 Å². The molecular weight excluding hydrogens is 372 g/mol. The normalized spacial score (nSPS) is 11.2. The van der Waals surface area contributed by atoms with Gasteiger partial charge in [-0.15, -0.1) is 11.3 Å². The molecule has 0 saturated carbocycles. The molecule has 4 rings (SSSR count). The van der Waals surface area contributed by atoms with Gasteiger partial charge in [0.25, 0.3) is 0 Å². The summed E-state index contributed by atoms with van der Waals surface area (Å²) in [5.41, 5.74) is 4.85. The Balaban J connectivity index is 1.35. The van der Waals surface area contributed by atoms with Gasteiger partial charge in [-0.2, -0.15) is 5.10 Å². The van der Waals surface area contributed by atoms with E-state index in [0.29, 0.717) is 11.6 Å². The van der Waals surface area contributed by atoms with Crippen LogP contribution >= 0.6 is 11.3 Å². The van der Waals surface area contributed by atoms with Crippen LogP contribution in [0.15, 0.2) is 35.8 Å². The number of nitrogens with one attached hydrogen (secondary N) is 1. The number of hydrogen-bond donors (Lipinski definition) is 1. The highest BCUT2D eigenvalue weighted by Crippen LogP contribution is 2.27. The Morgan fingerprint density at radius 2 is 2.04 bits per heavy atom. The van der Waals surface area contributed by atoms with Gasteiger partial charge in [-0.25, -0.2) is 9.97 Å². The second kappa shape index (κ2) is 7.55. The number of carbonyl (C=O) groups excluding carboxylic acids is 1. The maximum absolute atomic E-state index is 12.3. The van der Waals surface area contributed by atoms with Gasteiger partial charge in [0.05, 0.1) is 22.4 Å². The number of imidazole rings is 1. The lowest BCUT2D eigenvalue weighted by molar-refractivity contribution is -0.116. The number of carbonyl (C=O) groups is 1. The molecule has 7 nitrogen and oxygen atoms in total. The number of rotatable bonds is 6. The molecule has 0 spiro atoms. The monoisotopic (exact) mass is 394 g/mol. The van der Waals surface area contributed by atoms with E-state index < -0.39 is 0 Å². The summed E-state index contributed by atoms with van der Waals surface area (Å²) in [6.07, 6.45) is 3.12. The zero-order valence-corrected chi connectivity index (χ0v) is 17.0. The van der Waals surface area contributed by atoms with Crippen LogP contribution in [-0.2, 0) is 18.4 Å². The van der Waals surface area contributed by atoms with E-state index in [0.717, 1.165) is 46.8 Å². The van der Waals surface area contributed by atoms with Crippen LogP contribution in [0.5, 0.6) is 0 Å². The maximum atomic E-state index is 12.3. The van der Waals surface area contributed by atoms with Crippen molar-refractivity contribution in [2.24, 2.45) is 7.05 Å². The molecular formula is C20H22N6OS. The molecule has 1 amide bonds. The van der Waals surface area contributed by atoms with Crippen LogP contribution in [0.4, 0.5) is 5.13 Å². The van der Waals surface area contributed by atoms with Crippen LogP contribution in [-0.4, -0.2) is 30.2 Å². The van der Waals surface area contributed by atoms with Crippen LogP contribution in [0.25, 0.3) is 22.3 Å². The minimum Gasteiger partial charge on any atom is -0.328 e. The summed E-state index contributed by atoms with van der Waals surface area (Å²) in [6.45, 7) is 4.71. The molecule has 0 aliphatic heterocycles. The van der Waals surface area contributed by atoms with Gasteiger partial charge in [-0.1, -0.05) is 12.1 Å². The molecule has 0 atom stereocenters. The van der Waals surface area contributed by atoms with Crippen molar-refractivity contribution < 1.29 is 4.79 Å². The number of amides is 1. The summed E-state index contributed by atoms with van der Waals surface area (Å²) in [5.74, 6) is 0.948. The Kier molecular flexibility index (Phi) is 4.95. The molecule has 0 saturated heterocycles. The molecule has 4 aromatic rings. The third-order valence-electron chi connectivity index (χ3n) is 4.67. The Hall–Kier alpha value is -3.00. The van der Waals surface area contributed by atoms with E-state index in [1.165, 1.54) is 11.3 Å². The zero-order chi connectivity index (χ0) is 19.7. The molecule has 0 aliphatic rings. The van der Waals surface area contributed by atoms with Gasteiger partial charge >= 0.3 is 0 Å². The van der Waals surface area contributed by atoms with Gasteiger partial charge in [0.2, 0.25) is 5.91 Å². The molecule has 8 heteroatoms. The summed E-state index contributed by atoms with van der Waals surface area (Å²) >= 11 is 1.43. The van der Waals surface area contributed by atoms with Crippen molar-refractivity contribution in [2.75, 3.05) is 5.32 Å². The van der Waals surface area contributed by atoms with E-state index in [2.05, 4.69) is 31.0 Å². The lowest BCUT2D eigenvalue weighted by Crippen LogP contribution is -2.12. The van der Waals surface area contributed by atoms with Gasteiger partial charge in [0.1, 0.15) is 5.82 Å². The Morgan fingerprint density at radius 1 is 1.21 bits per heavy atom. The summed E-state index contributed by atoms with van der Waals surface area (Å²) in [7, 11) is 1.89. The molecule has 144 valence electrons. The quantitative estimate of drug-likeness (QED) is 0.537. The first-order chi connectivity index (χ1) is 13.5. The lowest BCUT2D eigenvalue weighted by atomic mass is 10.2. The van der Waals surface area contributed by atoms with Crippen molar-refractivity contribution >= 4 is 33.4 Å². The van der Waals surface area contributed by atoms with Crippen molar-refractivity contribution in [3.8, 4) is 11.3 Å². The first-order valence-corrected chi connectivity index (χ1v) is 10.1. The highest BCUT2D eigenvalue weighted by molar-refractivity contribution is 7.14. The zero-order valence-electron chi connectivity index (χ0n) is 16.1. The summed E-state index contributed by atoms with van der Waals surface area (Å²) < 4.78 is 3.93. The summed E-state index contributed by atoms with van der Waals surface area (Å²) in [6, 6.07) is 8.07. The predicted molar refractivity (Wildman–Crippen MR) is 111 cm³/mol. The third-order valence-corrected chi connectivity index (χ3v) is 5.43. The number of nitrogens with zero attached hydrogens (tertiary/aromatic N) is 5. The molecule has 3 aromatic heterocycles. The topological polar surface area (TPSA) is 77.6 Å². The standard InChI is InChI=1S/C20H22N6OS/c1-13-15(11-25(3)24-13)17-12-28-20(22-17)23-19(27)9-6-10-26-14(2)21-16-7-4-5-8-18(16)26/h4-5,7-8,11-12H,6,9-10H2,1-3H3,(H,22,23,27). The number of fused-ring (bicyclic) bond motifs is 1. The van der Waals surface area contributed by atoms with Crippen LogP contribution in [0.1, 0.15) is 24.4 Å². The third kappa shape index (κ3) is 3.68. The fraction of sp³-hybridized carbons (Fsp3) is 0.300. The van der Waals surface area contributed by atoms with Gasteiger partial charge in [-0.05, 0) is 32.4 Å². The fourth-order valence-electron chi connectivity index (χ4n) is 3.36. The lowest BCUT2D eigenvalue weighted by Gasteiger charge is -2.06. The Morgan fingerprint density at radius 3 is 2.82 bits per heavy atom. The Labute approximate surface area is 167 Å². The summed E-state index contributed by atoms with van der Waals surface area (Å²) in [5, 5.41) is 9.81. The van der Waals surface area contributed by atoms with Crippen molar-refractivity contribution in [1.82, 2.24) is 24.3 Å². The van der Waals surface area contributed by atoms with Gasteiger partial charge < -0.3 is 9.88 Å². The van der Waals surface area contributed by atoms with Gasteiger partial charge in [0, 0.05) is 37.2 Å². The first-order valence-electron chi connectivity index (χ1n) is 9.19. The van der Waals surface area contributed by atoms with Crippen molar-refractivity contribution in [2.45, 2.75) is 33.2 Å². The second-order valence-corrected chi connectivity index (χ2v) is 7.65. The molecule has 3 heterocycles. The Bertz CT molecular complexity index is 1140. The molecule has 28 heavy (non-hydrogen) atoms. The molecule has 0 fully saturated rings. The van der Waals surface area contributed by atoms with Crippen LogP contribution in [0.2, 0.25) is 0 Å². The van der Waals surface area contributed by atoms with Gasteiger partial charge in [-0.3, -0.25) is 9.48 Å². The highest BCUT2D eigenvalue weighted by atomic mass is 32.1. The van der Waals surface area contributed by atoms with E-state index in [1.807, 2.05) is 50.7 Å². The SMILES string of the molecule is Cc1nn(C)cc1-c1csc(NC(=O)CCCn2c(C)nc3ccccc32)n1. The van der Waals surface area contributed by atoms with Crippen LogP contribution in [0, 0.1) is 13.8 Å². The van der Waals surface area contributed by atoms with Crippen LogP contribution < -0.4 is 5.32 Å². The second-order valence-electron chi connectivity index (χ2n) is 6.79. The van der Waals surface area contributed by atoms with E-state index in [-0.39, 0.29) is 5.91 Å². The summed E-state index contributed by atoms with van der Waals surface area (Å²) in [4.78, 5) is 21.4. The van der Waals surface area contributed by atoms with E-state index in [1.54, 1.807) is 4.68 Å². The number of hydrogen-bond acceptors (Lipinski definition) is 5. The molecule has 1 N–H and O–H groups in total. The largest absolute Gasteiger partial charge is 0.328 e. The molecule has 1 aromatic carbocycles. The number of aromatic nitrogens is 5. The average Bonchev–Trinajstić information content (AvgIpc) is 3.33. The smallest absolute Gasteiger partial charge is 0.226 e. The maximum Gasteiger partial charge on any atom is 0.226 e. The molecule has 0 aliphatic carbocycles. The van der Waals surface area contributed by atoms with Gasteiger partial charge in [0.15, 0.2) is 5.13 Å². The minimum atomic E-state index is -0.0223. The van der Waals surface area contributed by atoms with E-state index in [4.69, 9.17) is 0 Å². The first kappa shape index (κ1) is 18.4. The predicted octanol–water partition coefficient (Wildman–Crippen LogP) is 3.93. The van der Waals surface area contributed by atoms with Crippen molar-refractivity contribution in [1.29, 1.82) is 0 Å². The number of benzene rings is 1. The van der Waals surface area contributed by atoms with E-state index >= 15 is 0 Å². The molecule has 0 unspecified atom stereocenters.